The van der Waals surface area contributed by atoms with Crippen LogP contribution in [0, 0.1) is 47.4 Å². The number of carboxylic acid groups (broad SMARTS) is 1. The zero-order valence-corrected chi connectivity index (χ0v) is 72.2. The highest BCUT2D eigenvalue weighted by Gasteiger charge is 2.29. The molecule has 4 N–H and O–H groups in total. The Kier molecular flexibility index (Phi) is 25.2. The number of carboxylic acids is 1. The Morgan fingerprint density at radius 2 is 0.635 bits per heavy atom. The van der Waals surface area contributed by atoms with Crippen molar-refractivity contribution in [2.24, 2.45) is 9.98 Å². The average Bonchev–Trinajstić information content (AvgIpc) is 1.57. The third-order valence-electron chi connectivity index (χ3n) is 23.3. The van der Waals surface area contributed by atoms with E-state index in [1.54, 1.807) is 28.4 Å². The van der Waals surface area contributed by atoms with Gasteiger partial charge in [-0.15, -0.1) is 0 Å². The van der Waals surface area contributed by atoms with Gasteiger partial charge in [-0.25, -0.2) is 0 Å². The second-order valence-electron chi connectivity index (χ2n) is 35.8. The molecule has 4 aromatic heterocycles. The lowest BCUT2D eigenvalue weighted by Gasteiger charge is -2.39. The molecule has 0 amide bonds. The lowest BCUT2D eigenvalue weighted by atomic mass is 9.84. The molecule has 0 saturated heterocycles. The van der Waals surface area contributed by atoms with Crippen molar-refractivity contribution in [3.05, 3.63) is 164 Å². The number of carbonyl (C=O) groups excluding carboxylic acids is 1. The maximum Gasteiger partial charge on any atom is 0.162 e. The van der Waals surface area contributed by atoms with E-state index in [1.807, 2.05) is 36.7 Å². The van der Waals surface area contributed by atoms with Crippen molar-refractivity contribution in [1.29, 1.82) is 0 Å². The summed E-state index contributed by atoms with van der Waals surface area (Å²) in [6.07, 6.45) is 18.8. The van der Waals surface area contributed by atoms with Crippen LogP contribution in [0.15, 0.2) is 107 Å². The highest BCUT2D eigenvalue weighted by Crippen LogP contribution is 2.44. The maximum atomic E-state index is 8.89. The summed E-state index contributed by atoms with van der Waals surface area (Å²) in [6, 6.07) is 35.0. The molecule has 0 radical (unpaired) electrons. The van der Waals surface area contributed by atoms with Crippen molar-refractivity contribution in [2.45, 2.75) is 228 Å². The Hall–Kier alpha value is -10.8. The first kappa shape index (κ1) is 83.6. The number of H-pyrrole nitrogens is 4. The molecule has 5 heterocycles. The lowest BCUT2D eigenvalue weighted by Crippen LogP contribution is -2.50. The van der Waals surface area contributed by atoms with Gasteiger partial charge in [-0.1, -0.05) is 209 Å². The van der Waals surface area contributed by atoms with E-state index in [4.69, 9.17) is 38.8 Å². The van der Waals surface area contributed by atoms with Crippen molar-refractivity contribution < 1.29 is 33.3 Å². The highest BCUT2D eigenvalue weighted by molar-refractivity contribution is 6.24. The molecule has 598 valence electrons. The third kappa shape index (κ3) is 18.2. The van der Waals surface area contributed by atoms with E-state index in [2.05, 4.69) is 251 Å². The Labute approximate surface area is 682 Å². The summed E-state index contributed by atoms with van der Waals surface area (Å²) < 4.78 is 25.1. The molecule has 12 aromatic rings. The van der Waals surface area contributed by atoms with Crippen molar-refractivity contribution >= 4 is 106 Å². The summed E-state index contributed by atoms with van der Waals surface area (Å²) in [7, 11) is 6.63. The number of aliphatic carboxylic acids is 1. The van der Waals surface area contributed by atoms with E-state index in [1.165, 1.54) is 104 Å². The molecule has 8 bridgehead atoms. The normalized spacial score (nSPS) is 14.6. The van der Waals surface area contributed by atoms with Gasteiger partial charge in [-0.05, 0) is 162 Å². The number of nitrogens with zero attached hydrogens (tertiary/aromatic N) is 3. The number of aromatic nitrogens is 4. The number of quaternary nitrogens is 1. The molecular weight excluding hydrogens is 1420 g/mol. The van der Waals surface area contributed by atoms with E-state index in [0.717, 1.165) is 164 Å². The van der Waals surface area contributed by atoms with Gasteiger partial charge in [0, 0.05) is 118 Å². The zero-order chi connectivity index (χ0) is 82.5. The van der Waals surface area contributed by atoms with Crippen LogP contribution in [0.4, 0.5) is 0 Å². The number of rotatable bonds is 16. The fourth-order valence-corrected chi connectivity index (χ4v) is 16.3. The van der Waals surface area contributed by atoms with Crippen LogP contribution in [-0.4, -0.2) is 110 Å². The molecule has 0 spiro atoms. The van der Waals surface area contributed by atoms with Gasteiger partial charge < -0.3 is 53.3 Å². The number of fused-ring (bicyclic) bond motifs is 7. The summed E-state index contributed by atoms with van der Waals surface area (Å²) in [4.78, 5) is 35.4. The van der Waals surface area contributed by atoms with Crippen LogP contribution >= 0.6 is 0 Å². The van der Waals surface area contributed by atoms with Gasteiger partial charge >= 0.3 is 0 Å². The molecule has 1 aliphatic carbocycles. The molecule has 1 fully saturated rings. The fraction of sp³-hybridized carbons (Fsp3) is 0.422. The quantitative estimate of drug-likeness (QED) is 0.0555. The molecular formula is C102H119N7O6. The average molecular weight is 1540 g/mol. The molecule has 0 unspecified atom stereocenters. The van der Waals surface area contributed by atoms with Crippen LogP contribution in [-0.2, 0) is 26.5 Å². The summed E-state index contributed by atoms with van der Waals surface area (Å²) in [5, 5.41) is 17.7. The number of carbonyl (C=O) groups is 1. The van der Waals surface area contributed by atoms with E-state index in [9.17, 15) is 0 Å². The summed E-state index contributed by atoms with van der Waals surface area (Å²) in [5.41, 5.74) is 18.6. The molecule has 2 atom stereocenters. The molecule has 8 aromatic carbocycles. The molecule has 14 rings (SSSR count). The van der Waals surface area contributed by atoms with Crippen LogP contribution in [0.25, 0.3) is 87.2 Å². The topological polar surface area (TPSA) is 165 Å². The number of nitrogens with one attached hydrogen (secondary N) is 4. The molecule has 1 saturated carbocycles. The van der Waals surface area contributed by atoms with Crippen LogP contribution in [0.3, 0.4) is 0 Å². The van der Waals surface area contributed by atoms with Gasteiger partial charge in [0.2, 0.25) is 0 Å². The van der Waals surface area contributed by atoms with Crippen molar-refractivity contribution in [1.82, 2.24) is 19.9 Å². The SMILES string of the molecule is CC(=O)[O-].CCCC[N+](CCCC)(CCCC)CCCC.COc1cc2c(cc1OC)C=N[C@@H]1CCCC[C@H]1N=Cc1cc(OC)c(OC)cc1C#Cc1cc(C(C)(C)C)cc3c1[nH]c1c3ccc3c4cc(C(C)(C)C)cc(c4[nH]c31)C#CC#Cc1cc(C(C)(C)C)cc3c1[nH]c1c3ccc3c4cc(C(C)(C)C)cc(c4[nH]c31)C#C2. The molecule has 13 heteroatoms. The van der Waals surface area contributed by atoms with E-state index >= 15 is 0 Å². The van der Waals surface area contributed by atoms with Crippen LogP contribution in [0.2, 0.25) is 0 Å². The second-order valence-corrected chi connectivity index (χ2v) is 35.8. The van der Waals surface area contributed by atoms with Gasteiger partial charge in [0.25, 0.3) is 0 Å². The second kappa shape index (κ2) is 34.7. The minimum atomic E-state index is -1.08. The first-order valence-corrected chi connectivity index (χ1v) is 41.7. The number of benzene rings is 8. The Morgan fingerprint density at radius 1 is 0.383 bits per heavy atom. The van der Waals surface area contributed by atoms with Gasteiger partial charge in [0.05, 0.1) is 111 Å². The number of aromatic amines is 4. The van der Waals surface area contributed by atoms with Crippen molar-refractivity contribution in [3.63, 3.8) is 0 Å². The first-order chi connectivity index (χ1) is 54.9. The molecule has 1 aliphatic heterocycles. The van der Waals surface area contributed by atoms with Gasteiger partial charge in [-0.2, -0.15) is 0 Å². The van der Waals surface area contributed by atoms with Crippen molar-refractivity contribution in [3.8, 4) is 70.4 Å². The summed E-state index contributed by atoms with van der Waals surface area (Å²) in [5.74, 6) is 29.8. The van der Waals surface area contributed by atoms with Crippen LogP contribution in [0.1, 0.15) is 262 Å². The van der Waals surface area contributed by atoms with Crippen LogP contribution in [0.5, 0.6) is 23.0 Å². The standard InChI is InChI=1S/C84H80N6O4.C16H36N.C2H4O2/c1-81(2,3)55-33-49-21-17-18-22-50-34-56(82(4,5)6)42-64-60-30-32-62-66-44-58(84(10,11)12)36-52(76(66)90-80(62)78(60)88-74(50)64)28-26-48-38-70(92-14)72(94-16)40-54(48)46-86-68-24-20-19-23-67(68)85-45-53-39-71(93-15)69(91-13)37-47(53)25-27-51-35-57(83(7,8)9)43-65-61-31-29-59-63(41-55)73(49)87-77(59)79(61)89-75(51)65;1-5-9-13-17(14-10-6-2,15-11-7-3)16-12-8-4;1-2(3)4/h29-46,67-68,87-90H,19-20,23-24H2,1-16H3;5-16H2,1-4H3;1H3,(H,3,4)/q;+1;/p-1/t67-,68-;;/m1../s1. The first-order valence-electron chi connectivity index (χ1n) is 41.7. The van der Waals surface area contributed by atoms with Gasteiger partial charge in [0.1, 0.15) is 0 Å². The number of unbranched alkanes of at least 4 members (excludes halogenated alkanes) is 4. The third-order valence-corrected chi connectivity index (χ3v) is 23.3. The zero-order valence-electron chi connectivity index (χ0n) is 72.2. The largest absolute Gasteiger partial charge is 0.550 e. The van der Waals surface area contributed by atoms with Gasteiger partial charge in [-0.3, -0.25) is 9.98 Å². The smallest absolute Gasteiger partial charge is 0.162 e. The Morgan fingerprint density at radius 3 is 0.887 bits per heavy atom. The Balaban J connectivity index is 0.000000512. The summed E-state index contributed by atoms with van der Waals surface area (Å²) in [6.45, 7) is 43.1. The maximum absolute atomic E-state index is 8.89. The number of hydrogen-bond acceptors (Lipinski definition) is 8. The minimum Gasteiger partial charge on any atom is -0.550 e. The monoisotopic (exact) mass is 1540 g/mol. The summed E-state index contributed by atoms with van der Waals surface area (Å²) >= 11 is 0. The minimum absolute atomic E-state index is 0.102. The van der Waals surface area contributed by atoms with E-state index in [0.29, 0.717) is 23.0 Å². The highest BCUT2D eigenvalue weighted by atomic mass is 16.5. The lowest BCUT2D eigenvalue weighted by molar-refractivity contribution is -0.929. The molecule has 115 heavy (non-hydrogen) atoms. The predicted molar refractivity (Wildman–Crippen MR) is 481 cm³/mol. The number of ether oxygens (including phenoxy) is 4. The Bertz CT molecular complexity index is 5620. The molecule has 13 nitrogen and oxygen atoms in total. The number of methoxy groups -OCH3 is 4. The van der Waals surface area contributed by atoms with E-state index in [-0.39, 0.29) is 33.7 Å². The van der Waals surface area contributed by atoms with Gasteiger partial charge in [0.15, 0.2) is 23.0 Å². The van der Waals surface area contributed by atoms with E-state index < -0.39 is 5.97 Å². The van der Waals surface area contributed by atoms with Crippen LogP contribution < -0.4 is 24.1 Å². The van der Waals surface area contributed by atoms with Crippen molar-refractivity contribution in [2.75, 3.05) is 54.6 Å². The predicted octanol–water partition coefficient (Wildman–Crippen LogP) is 22.6. The number of aliphatic imine (C=N–C) groups is 2. The molecule has 2 aliphatic rings. The number of hydrogen-bond donors (Lipinski definition) is 4. The fourth-order valence-electron chi connectivity index (χ4n) is 16.3.